The Morgan fingerprint density at radius 1 is 1.13 bits per heavy atom. The van der Waals surface area contributed by atoms with E-state index in [-0.39, 0.29) is 29.9 Å². The number of amides is 1. The fourth-order valence-electron chi connectivity index (χ4n) is 4.17. The van der Waals surface area contributed by atoms with Crippen LogP contribution in [0.15, 0.2) is 35.3 Å². The number of likely N-dealkylation sites (tertiary alicyclic amines) is 2. The maximum atomic E-state index is 12.4. The number of carbonyl (C=O) groups is 1. The maximum Gasteiger partial charge on any atom is 0.223 e. The SMILES string of the molecule is CCNC(=NCC1CC(=O)N(CCc2ccccc2)C1)NCC1CCN(C)CC1.I. The molecule has 1 unspecified atom stereocenters. The molecule has 2 aliphatic heterocycles. The first-order chi connectivity index (χ1) is 14.1. The van der Waals surface area contributed by atoms with E-state index in [1.54, 1.807) is 0 Å². The van der Waals surface area contributed by atoms with Crippen LogP contribution in [0.25, 0.3) is 0 Å². The van der Waals surface area contributed by atoms with Crippen LogP contribution < -0.4 is 10.6 Å². The van der Waals surface area contributed by atoms with Gasteiger partial charge in [-0.1, -0.05) is 30.3 Å². The molecule has 168 valence electrons. The zero-order valence-corrected chi connectivity index (χ0v) is 20.8. The van der Waals surface area contributed by atoms with Gasteiger partial charge in [0.15, 0.2) is 5.96 Å². The van der Waals surface area contributed by atoms with Crippen LogP contribution in [-0.4, -0.2) is 74.5 Å². The monoisotopic (exact) mass is 527 g/mol. The summed E-state index contributed by atoms with van der Waals surface area (Å²) >= 11 is 0. The van der Waals surface area contributed by atoms with Crippen LogP contribution in [-0.2, 0) is 11.2 Å². The van der Waals surface area contributed by atoms with Crippen molar-refractivity contribution >= 4 is 35.8 Å². The van der Waals surface area contributed by atoms with Gasteiger partial charge >= 0.3 is 0 Å². The van der Waals surface area contributed by atoms with Crippen molar-refractivity contribution in [3.63, 3.8) is 0 Å². The molecule has 6 nitrogen and oxygen atoms in total. The van der Waals surface area contributed by atoms with Crippen molar-refractivity contribution < 1.29 is 4.79 Å². The second-order valence-electron chi connectivity index (χ2n) is 8.49. The number of benzene rings is 1. The average molecular weight is 527 g/mol. The molecular formula is C23H38IN5O. The van der Waals surface area contributed by atoms with Gasteiger partial charge in [-0.25, -0.2) is 0 Å². The van der Waals surface area contributed by atoms with Crippen molar-refractivity contribution in [2.24, 2.45) is 16.8 Å². The largest absolute Gasteiger partial charge is 0.357 e. The van der Waals surface area contributed by atoms with Gasteiger partial charge in [-0.3, -0.25) is 9.79 Å². The van der Waals surface area contributed by atoms with Gasteiger partial charge in [0, 0.05) is 45.1 Å². The highest BCUT2D eigenvalue weighted by atomic mass is 127. The van der Waals surface area contributed by atoms with Crippen LogP contribution in [0, 0.1) is 11.8 Å². The summed E-state index contributed by atoms with van der Waals surface area (Å²) in [5, 5.41) is 6.87. The number of rotatable bonds is 8. The van der Waals surface area contributed by atoms with E-state index >= 15 is 0 Å². The lowest BCUT2D eigenvalue weighted by atomic mass is 9.97. The average Bonchev–Trinajstić information content (AvgIpc) is 3.10. The number of nitrogens with zero attached hydrogens (tertiary/aromatic N) is 3. The Bertz CT molecular complexity index is 661. The van der Waals surface area contributed by atoms with E-state index in [2.05, 4.69) is 53.8 Å². The first-order valence-electron chi connectivity index (χ1n) is 11.2. The first-order valence-corrected chi connectivity index (χ1v) is 11.2. The summed E-state index contributed by atoms with van der Waals surface area (Å²) in [6.07, 6.45) is 4.03. The van der Waals surface area contributed by atoms with E-state index < -0.39 is 0 Å². The normalized spacial score (nSPS) is 20.9. The van der Waals surface area contributed by atoms with Gasteiger partial charge < -0.3 is 20.4 Å². The highest BCUT2D eigenvalue weighted by Gasteiger charge is 2.29. The van der Waals surface area contributed by atoms with Crippen molar-refractivity contribution in [2.75, 3.05) is 52.9 Å². The van der Waals surface area contributed by atoms with Crippen LogP contribution in [0.4, 0.5) is 0 Å². The van der Waals surface area contributed by atoms with E-state index in [1.165, 1.54) is 31.5 Å². The molecule has 7 heteroatoms. The lowest BCUT2D eigenvalue weighted by Gasteiger charge is -2.29. The topological polar surface area (TPSA) is 60.0 Å². The summed E-state index contributed by atoms with van der Waals surface area (Å²) in [4.78, 5) is 21.6. The molecule has 1 atom stereocenters. The molecule has 1 aromatic carbocycles. The van der Waals surface area contributed by atoms with Crippen LogP contribution in [0.3, 0.4) is 0 Å². The fraction of sp³-hybridized carbons (Fsp3) is 0.652. The second-order valence-corrected chi connectivity index (χ2v) is 8.49. The lowest BCUT2D eigenvalue weighted by molar-refractivity contribution is -0.127. The highest BCUT2D eigenvalue weighted by Crippen LogP contribution is 2.19. The van der Waals surface area contributed by atoms with E-state index in [0.717, 1.165) is 44.5 Å². The number of piperidine rings is 1. The maximum absolute atomic E-state index is 12.4. The number of carbonyl (C=O) groups excluding carboxylic acids is 1. The standard InChI is InChI=1S/C23H37N5O.HI/c1-3-24-23(25-16-20-9-12-27(2)13-10-20)26-17-21-15-22(29)28(18-21)14-11-19-7-5-4-6-8-19;/h4-8,20-21H,3,9-18H2,1-2H3,(H2,24,25,26);1H. The van der Waals surface area contributed by atoms with E-state index in [4.69, 9.17) is 4.99 Å². The molecule has 30 heavy (non-hydrogen) atoms. The molecule has 0 radical (unpaired) electrons. The molecule has 1 amide bonds. The molecule has 2 N–H and O–H groups in total. The fourth-order valence-corrected chi connectivity index (χ4v) is 4.17. The van der Waals surface area contributed by atoms with Crippen LogP contribution in [0.1, 0.15) is 31.7 Å². The summed E-state index contributed by atoms with van der Waals surface area (Å²) in [6.45, 7) is 8.62. The molecule has 2 fully saturated rings. The third-order valence-electron chi connectivity index (χ3n) is 6.06. The van der Waals surface area contributed by atoms with Crippen LogP contribution >= 0.6 is 24.0 Å². The zero-order chi connectivity index (χ0) is 20.5. The molecule has 3 rings (SSSR count). The van der Waals surface area contributed by atoms with Crippen molar-refractivity contribution in [2.45, 2.75) is 32.6 Å². The summed E-state index contributed by atoms with van der Waals surface area (Å²) in [5.41, 5.74) is 1.29. The molecule has 0 aromatic heterocycles. The third kappa shape index (κ3) is 8.06. The Morgan fingerprint density at radius 2 is 1.87 bits per heavy atom. The summed E-state index contributed by atoms with van der Waals surface area (Å²) in [7, 11) is 2.20. The van der Waals surface area contributed by atoms with Gasteiger partial charge in [0.05, 0.1) is 0 Å². The minimum Gasteiger partial charge on any atom is -0.357 e. The van der Waals surface area contributed by atoms with Gasteiger partial charge in [-0.15, -0.1) is 24.0 Å². The van der Waals surface area contributed by atoms with Gasteiger partial charge in [-0.2, -0.15) is 0 Å². The van der Waals surface area contributed by atoms with Crippen LogP contribution in [0.5, 0.6) is 0 Å². The molecule has 0 bridgehead atoms. The lowest BCUT2D eigenvalue weighted by Crippen LogP contribution is -2.42. The minimum absolute atomic E-state index is 0. The zero-order valence-electron chi connectivity index (χ0n) is 18.5. The molecule has 0 spiro atoms. The number of hydrogen-bond acceptors (Lipinski definition) is 3. The van der Waals surface area contributed by atoms with Gasteiger partial charge in [0.2, 0.25) is 5.91 Å². The summed E-state index contributed by atoms with van der Waals surface area (Å²) in [5.74, 6) is 2.20. The van der Waals surface area contributed by atoms with Gasteiger partial charge in [-0.05, 0) is 57.8 Å². The molecule has 2 aliphatic rings. The van der Waals surface area contributed by atoms with E-state index in [9.17, 15) is 4.79 Å². The summed E-state index contributed by atoms with van der Waals surface area (Å²) in [6, 6.07) is 10.4. The molecule has 2 heterocycles. The van der Waals surface area contributed by atoms with Gasteiger partial charge in [0.1, 0.15) is 0 Å². The second kappa shape index (κ2) is 13.1. The third-order valence-corrected chi connectivity index (χ3v) is 6.06. The quantitative estimate of drug-likeness (QED) is 0.310. The summed E-state index contributed by atoms with van der Waals surface area (Å²) < 4.78 is 0. The van der Waals surface area contributed by atoms with Crippen molar-refractivity contribution in [3.05, 3.63) is 35.9 Å². The molecule has 1 aromatic rings. The molecule has 0 saturated carbocycles. The Kier molecular flexibility index (Phi) is 10.9. The van der Waals surface area contributed by atoms with Crippen LogP contribution in [0.2, 0.25) is 0 Å². The minimum atomic E-state index is 0. The van der Waals surface area contributed by atoms with E-state index in [0.29, 0.717) is 18.9 Å². The smallest absolute Gasteiger partial charge is 0.223 e. The Hall–Kier alpha value is -1.35. The molecule has 0 aliphatic carbocycles. The Balaban J connectivity index is 0.00000320. The number of nitrogens with one attached hydrogen (secondary N) is 2. The predicted octanol–water partition coefficient (Wildman–Crippen LogP) is 2.59. The Labute approximate surface area is 198 Å². The van der Waals surface area contributed by atoms with Crippen molar-refractivity contribution in [1.29, 1.82) is 0 Å². The Morgan fingerprint density at radius 3 is 2.57 bits per heavy atom. The predicted molar refractivity (Wildman–Crippen MR) is 134 cm³/mol. The van der Waals surface area contributed by atoms with Gasteiger partial charge in [0.25, 0.3) is 0 Å². The van der Waals surface area contributed by atoms with Crippen molar-refractivity contribution in [3.8, 4) is 0 Å². The highest BCUT2D eigenvalue weighted by molar-refractivity contribution is 14.0. The number of guanidine groups is 1. The van der Waals surface area contributed by atoms with E-state index in [1.807, 2.05) is 11.0 Å². The number of aliphatic imine (C=N–C) groups is 1. The first kappa shape index (κ1) is 24.9. The van der Waals surface area contributed by atoms with Crippen molar-refractivity contribution in [1.82, 2.24) is 20.4 Å². The molecular weight excluding hydrogens is 489 g/mol. The number of halogens is 1. The molecule has 2 saturated heterocycles. The number of hydrogen-bond donors (Lipinski definition) is 2.